The Hall–Kier alpha value is -1.84. The molecule has 4 heteroatoms. The van der Waals surface area contributed by atoms with Gasteiger partial charge in [-0.3, -0.25) is 5.32 Å². The predicted molar refractivity (Wildman–Crippen MR) is 94.6 cm³/mol. The summed E-state index contributed by atoms with van der Waals surface area (Å²) in [4.78, 5) is 4.54. The molecular formula is C19H21ClN2O. The van der Waals surface area contributed by atoms with E-state index in [0.717, 1.165) is 29.0 Å². The molecule has 1 aromatic heterocycles. The maximum absolute atomic E-state index is 6.02. The third-order valence-corrected chi connectivity index (χ3v) is 4.77. The first kappa shape index (κ1) is 16.0. The van der Waals surface area contributed by atoms with Gasteiger partial charge in [0.25, 0.3) is 0 Å². The molecule has 0 saturated heterocycles. The summed E-state index contributed by atoms with van der Waals surface area (Å²) in [6.07, 6.45) is 1.96. The van der Waals surface area contributed by atoms with E-state index < -0.39 is 0 Å². The first-order valence-corrected chi connectivity index (χ1v) is 8.40. The first-order valence-electron chi connectivity index (χ1n) is 8.02. The Morgan fingerprint density at radius 3 is 2.39 bits per heavy atom. The molecule has 1 heterocycles. The van der Waals surface area contributed by atoms with E-state index in [9.17, 15) is 0 Å². The average Bonchev–Trinajstić information content (AvgIpc) is 3.00. The smallest absolute Gasteiger partial charge is 0.209 e. The van der Waals surface area contributed by atoms with Gasteiger partial charge in [-0.1, -0.05) is 49.7 Å². The van der Waals surface area contributed by atoms with Crippen molar-refractivity contribution < 1.29 is 4.42 Å². The fourth-order valence-electron chi connectivity index (χ4n) is 3.02. The molecule has 0 saturated carbocycles. The number of hydrogen-bond donors (Lipinski definition) is 1. The molecule has 0 radical (unpaired) electrons. The monoisotopic (exact) mass is 328 g/mol. The van der Waals surface area contributed by atoms with Gasteiger partial charge in [0.15, 0.2) is 5.58 Å². The van der Waals surface area contributed by atoms with E-state index in [1.165, 1.54) is 5.56 Å². The fourth-order valence-corrected chi connectivity index (χ4v) is 3.15. The molecule has 0 bridgehead atoms. The molecule has 120 valence electrons. The number of nitrogens with zero attached hydrogens (tertiary/aromatic N) is 1. The molecule has 3 aromatic rings. The standard InChI is InChI=1S/C19H21ClN2O/c1-3-19(4-2,14-9-11-15(20)12-10-14)21-13-18-22-16-7-5-6-8-17(16)23-18/h5-12,21H,3-4,13H2,1-2H3. The number of fused-ring (bicyclic) bond motifs is 1. The Morgan fingerprint density at radius 1 is 1.04 bits per heavy atom. The molecule has 0 aliphatic rings. The summed E-state index contributed by atoms with van der Waals surface area (Å²) in [5.74, 6) is 0.714. The molecule has 0 amide bonds. The van der Waals surface area contributed by atoms with Gasteiger partial charge in [-0.05, 0) is 42.7 Å². The van der Waals surface area contributed by atoms with Crippen LogP contribution >= 0.6 is 11.6 Å². The van der Waals surface area contributed by atoms with E-state index in [0.29, 0.717) is 12.4 Å². The minimum absolute atomic E-state index is 0.106. The molecule has 23 heavy (non-hydrogen) atoms. The third-order valence-electron chi connectivity index (χ3n) is 4.52. The van der Waals surface area contributed by atoms with Crippen LogP contribution in [0, 0.1) is 0 Å². The molecule has 3 rings (SSSR count). The van der Waals surface area contributed by atoms with Gasteiger partial charge in [-0.2, -0.15) is 0 Å². The molecule has 3 nitrogen and oxygen atoms in total. The number of rotatable bonds is 6. The summed E-state index contributed by atoms with van der Waals surface area (Å²) in [6, 6.07) is 15.9. The number of nitrogens with one attached hydrogen (secondary N) is 1. The summed E-state index contributed by atoms with van der Waals surface area (Å²) < 4.78 is 5.81. The Bertz CT molecular complexity index is 742. The van der Waals surface area contributed by atoms with Crippen LogP contribution in [0.15, 0.2) is 52.9 Å². The van der Waals surface area contributed by atoms with Crippen LogP contribution in [0.4, 0.5) is 0 Å². The van der Waals surface area contributed by atoms with Gasteiger partial charge in [-0.15, -0.1) is 0 Å². The summed E-state index contributed by atoms with van der Waals surface area (Å²) in [7, 11) is 0. The van der Waals surface area contributed by atoms with Crippen molar-refractivity contribution in [3.05, 3.63) is 65.0 Å². The van der Waals surface area contributed by atoms with Gasteiger partial charge in [-0.25, -0.2) is 4.98 Å². The minimum Gasteiger partial charge on any atom is -0.439 e. The zero-order valence-corrected chi connectivity index (χ0v) is 14.2. The lowest BCUT2D eigenvalue weighted by molar-refractivity contribution is 0.291. The van der Waals surface area contributed by atoms with Crippen molar-refractivity contribution in [3.63, 3.8) is 0 Å². The Kier molecular flexibility index (Phi) is 4.69. The second kappa shape index (κ2) is 6.73. The largest absolute Gasteiger partial charge is 0.439 e. The lowest BCUT2D eigenvalue weighted by Crippen LogP contribution is -2.41. The SMILES string of the molecule is CCC(CC)(NCc1nc2ccccc2o1)c1ccc(Cl)cc1. The van der Waals surface area contributed by atoms with E-state index in [-0.39, 0.29) is 5.54 Å². The molecule has 0 atom stereocenters. The van der Waals surface area contributed by atoms with E-state index in [1.54, 1.807) is 0 Å². The molecule has 2 aromatic carbocycles. The van der Waals surface area contributed by atoms with Crippen molar-refractivity contribution in [2.24, 2.45) is 0 Å². The lowest BCUT2D eigenvalue weighted by Gasteiger charge is -2.33. The van der Waals surface area contributed by atoms with E-state index in [1.807, 2.05) is 36.4 Å². The molecular weight excluding hydrogens is 308 g/mol. The fraction of sp³-hybridized carbons (Fsp3) is 0.316. The maximum Gasteiger partial charge on any atom is 0.209 e. The number of para-hydroxylation sites is 2. The van der Waals surface area contributed by atoms with Crippen molar-refractivity contribution in [1.82, 2.24) is 10.3 Å². The zero-order valence-electron chi connectivity index (χ0n) is 13.5. The van der Waals surface area contributed by atoms with Crippen molar-refractivity contribution in [2.45, 2.75) is 38.8 Å². The van der Waals surface area contributed by atoms with Gasteiger partial charge in [0.1, 0.15) is 5.52 Å². The molecule has 0 unspecified atom stereocenters. The highest BCUT2D eigenvalue weighted by molar-refractivity contribution is 6.30. The lowest BCUT2D eigenvalue weighted by atomic mass is 9.84. The first-order chi connectivity index (χ1) is 11.2. The number of oxazole rings is 1. The predicted octanol–water partition coefficient (Wildman–Crippen LogP) is 5.29. The summed E-state index contributed by atoms with van der Waals surface area (Å²) in [6.45, 7) is 4.98. The highest BCUT2D eigenvalue weighted by atomic mass is 35.5. The second-order valence-corrected chi connectivity index (χ2v) is 6.16. The van der Waals surface area contributed by atoms with Crippen LogP contribution in [0.5, 0.6) is 0 Å². The summed E-state index contributed by atoms with van der Waals surface area (Å²) >= 11 is 6.02. The zero-order chi connectivity index (χ0) is 16.3. The van der Waals surface area contributed by atoms with Gasteiger partial charge >= 0.3 is 0 Å². The van der Waals surface area contributed by atoms with Crippen LogP contribution in [0.1, 0.15) is 38.1 Å². The normalized spacial score (nSPS) is 12.0. The average molecular weight is 329 g/mol. The molecule has 0 aliphatic heterocycles. The minimum atomic E-state index is -0.106. The third kappa shape index (κ3) is 3.26. The van der Waals surface area contributed by atoms with Crippen LogP contribution in [-0.2, 0) is 12.1 Å². The van der Waals surface area contributed by atoms with Crippen LogP contribution in [0.25, 0.3) is 11.1 Å². The quantitative estimate of drug-likeness (QED) is 0.668. The summed E-state index contributed by atoms with van der Waals surface area (Å²) in [5.41, 5.74) is 2.86. The van der Waals surface area contributed by atoms with E-state index >= 15 is 0 Å². The number of benzene rings is 2. The van der Waals surface area contributed by atoms with Crippen molar-refractivity contribution in [2.75, 3.05) is 0 Å². The Morgan fingerprint density at radius 2 is 1.74 bits per heavy atom. The van der Waals surface area contributed by atoms with Crippen LogP contribution in [0.2, 0.25) is 5.02 Å². The summed E-state index contributed by atoms with van der Waals surface area (Å²) in [5, 5.41) is 4.40. The second-order valence-electron chi connectivity index (χ2n) is 5.72. The van der Waals surface area contributed by atoms with Crippen LogP contribution in [-0.4, -0.2) is 4.98 Å². The molecule has 0 aliphatic carbocycles. The number of hydrogen-bond acceptors (Lipinski definition) is 3. The highest BCUT2D eigenvalue weighted by Crippen LogP contribution is 2.30. The van der Waals surface area contributed by atoms with Gasteiger partial charge in [0.2, 0.25) is 5.89 Å². The van der Waals surface area contributed by atoms with E-state index in [2.05, 4.69) is 36.3 Å². The van der Waals surface area contributed by atoms with Gasteiger partial charge in [0, 0.05) is 10.6 Å². The number of aromatic nitrogens is 1. The van der Waals surface area contributed by atoms with Crippen molar-refractivity contribution >= 4 is 22.7 Å². The Labute approximate surface area is 141 Å². The van der Waals surface area contributed by atoms with Crippen molar-refractivity contribution in [1.29, 1.82) is 0 Å². The number of halogens is 1. The Balaban J connectivity index is 1.83. The molecule has 1 N–H and O–H groups in total. The van der Waals surface area contributed by atoms with Crippen molar-refractivity contribution in [3.8, 4) is 0 Å². The van der Waals surface area contributed by atoms with Crippen LogP contribution in [0.3, 0.4) is 0 Å². The van der Waals surface area contributed by atoms with E-state index in [4.69, 9.17) is 16.0 Å². The highest BCUT2D eigenvalue weighted by Gasteiger charge is 2.28. The van der Waals surface area contributed by atoms with Gasteiger partial charge < -0.3 is 4.42 Å². The molecule has 0 fully saturated rings. The van der Waals surface area contributed by atoms with Crippen LogP contribution < -0.4 is 5.32 Å². The van der Waals surface area contributed by atoms with Gasteiger partial charge in [0.05, 0.1) is 6.54 Å². The molecule has 0 spiro atoms. The topological polar surface area (TPSA) is 38.1 Å². The maximum atomic E-state index is 6.02.